The van der Waals surface area contributed by atoms with Crippen molar-refractivity contribution in [1.29, 1.82) is 0 Å². The van der Waals surface area contributed by atoms with Crippen LogP contribution in [0.1, 0.15) is 55.5 Å². The molecule has 0 atom stereocenters. The quantitative estimate of drug-likeness (QED) is 0.484. The van der Waals surface area contributed by atoms with E-state index in [0.717, 1.165) is 12.8 Å². The summed E-state index contributed by atoms with van der Waals surface area (Å²) in [5, 5.41) is 6.37. The first-order valence-corrected chi connectivity index (χ1v) is 12.3. The number of anilines is 2. The molecule has 0 radical (unpaired) electrons. The van der Waals surface area contributed by atoms with Crippen molar-refractivity contribution >= 4 is 33.5 Å². The molecule has 5 N–H and O–H groups in total. The van der Waals surface area contributed by atoms with Crippen molar-refractivity contribution < 1.29 is 17.9 Å². The number of fused-ring (bicyclic) bond motifs is 1. The van der Waals surface area contributed by atoms with E-state index in [9.17, 15) is 13.2 Å². The van der Waals surface area contributed by atoms with Gasteiger partial charge in [-0.3, -0.25) is 9.52 Å². The molecule has 1 aromatic carbocycles. The van der Waals surface area contributed by atoms with Crippen LogP contribution >= 0.6 is 0 Å². The molecule has 176 valence electrons. The fourth-order valence-electron chi connectivity index (χ4n) is 3.94. The summed E-state index contributed by atoms with van der Waals surface area (Å²) in [4.78, 5) is 17.2. The number of nitrogens with one attached hydrogen (secondary N) is 3. The van der Waals surface area contributed by atoms with Crippen molar-refractivity contribution in [3.05, 3.63) is 47.7 Å². The molecule has 0 spiro atoms. The molecule has 4 rings (SSSR count). The molecule has 1 fully saturated rings. The maximum atomic E-state index is 12.9. The van der Waals surface area contributed by atoms with Gasteiger partial charge in [0.15, 0.2) is 5.84 Å². The van der Waals surface area contributed by atoms with E-state index in [2.05, 4.69) is 24.7 Å². The van der Waals surface area contributed by atoms with Gasteiger partial charge in [0.05, 0.1) is 16.8 Å². The largest absolute Gasteiger partial charge is 0.490 e. The Labute approximate surface area is 193 Å². The van der Waals surface area contributed by atoms with Gasteiger partial charge in [0.25, 0.3) is 5.91 Å². The minimum atomic E-state index is -3.87. The Morgan fingerprint density at radius 1 is 1.27 bits per heavy atom. The van der Waals surface area contributed by atoms with Gasteiger partial charge in [-0.15, -0.1) is 4.40 Å². The van der Waals surface area contributed by atoms with Crippen LogP contribution in [-0.2, 0) is 10.2 Å². The second kappa shape index (κ2) is 8.89. The summed E-state index contributed by atoms with van der Waals surface area (Å²) < 4.78 is 35.2. The molecule has 10 nitrogen and oxygen atoms in total. The molecule has 1 amide bonds. The van der Waals surface area contributed by atoms with Gasteiger partial charge < -0.3 is 21.1 Å². The van der Waals surface area contributed by atoms with Crippen LogP contribution in [0.4, 0.5) is 11.5 Å². The van der Waals surface area contributed by atoms with Crippen LogP contribution in [0.2, 0.25) is 0 Å². The smallest absolute Gasteiger partial charge is 0.344 e. The molecule has 1 aromatic heterocycles. The van der Waals surface area contributed by atoms with Crippen LogP contribution in [0.5, 0.6) is 5.75 Å². The predicted molar refractivity (Wildman–Crippen MR) is 127 cm³/mol. The molecule has 1 aliphatic carbocycles. The molecule has 0 bridgehead atoms. The van der Waals surface area contributed by atoms with Gasteiger partial charge >= 0.3 is 10.2 Å². The number of aromatic nitrogens is 1. The van der Waals surface area contributed by atoms with E-state index in [1.54, 1.807) is 36.5 Å². The molecule has 33 heavy (non-hydrogen) atoms. The van der Waals surface area contributed by atoms with Gasteiger partial charge in [0, 0.05) is 17.8 Å². The average molecular weight is 473 g/mol. The summed E-state index contributed by atoms with van der Waals surface area (Å²) in [6.45, 7) is 3.78. The Balaban J connectivity index is 1.42. The molecule has 1 aliphatic heterocycles. The van der Waals surface area contributed by atoms with Crippen LogP contribution in [0.3, 0.4) is 0 Å². The van der Waals surface area contributed by atoms with Crippen molar-refractivity contribution in [2.45, 2.75) is 51.1 Å². The minimum absolute atomic E-state index is 0.119. The number of benzene rings is 1. The molecule has 11 heteroatoms. The molecule has 1 saturated carbocycles. The van der Waals surface area contributed by atoms with Crippen LogP contribution in [0.15, 0.2) is 40.9 Å². The number of hydrogen-bond acceptors (Lipinski definition) is 7. The van der Waals surface area contributed by atoms with Crippen LogP contribution in [0.25, 0.3) is 0 Å². The van der Waals surface area contributed by atoms with Crippen molar-refractivity contribution in [2.24, 2.45) is 10.1 Å². The van der Waals surface area contributed by atoms with E-state index in [1.165, 1.54) is 12.8 Å². The number of hydrogen-bond donors (Lipinski definition) is 4. The standard InChI is InChI=1S/C22H28N6O4S/c1-22(2,13-32-17-9-5-8-16-19(17)20(23)28-33(30,31)27-16)26-21(29)14-10-11-24-18(12-14)25-15-6-3-4-7-15/h5,8-12,15,27H,3-4,6-7,13H2,1-2H3,(H2,23,28)(H,24,25)(H,26,29). The number of carbonyl (C=O) groups is 1. The van der Waals surface area contributed by atoms with Crippen molar-refractivity contribution in [1.82, 2.24) is 10.3 Å². The normalized spacial score (nSPS) is 17.5. The first-order chi connectivity index (χ1) is 15.6. The highest BCUT2D eigenvalue weighted by Crippen LogP contribution is 2.31. The van der Waals surface area contributed by atoms with E-state index in [1.807, 2.05) is 13.8 Å². The Kier molecular flexibility index (Phi) is 6.15. The summed E-state index contributed by atoms with van der Waals surface area (Å²) in [6, 6.07) is 8.72. The van der Waals surface area contributed by atoms with E-state index >= 15 is 0 Å². The lowest BCUT2D eigenvalue weighted by atomic mass is 10.1. The molecular weight excluding hydrogens is 444 g/mol. The molecule has 0 unspecified atom stereocenters. The minimum Gasteiger partial charge on any atom is -0.490 e. The number of rotatable bonds is 7. The highest BCUT2D eigenvalue weighted by Gasteiger charge is 2.27. The van der Waals surface area contributed by atoms with Crippen molar-refractivity contribution in [3.8, 4) is 5.75 Å². The number of pyridine rings is 1. The second-order valence-corrected chi connectivity index (χ2v) is 10.3. The van der Waals surface area contributed by atoms with Crippen LogP contribution in [-0.4, -0.2) is 43.3 Å². The first kappa shape index (κ1) is 22.8. The van der Waals surface area contributed by atoms with Gasteiger partial charge in [-0.1, -0.05) is 18.9 Å². The van der Waals surface area contributed by atoms with E-state index in [-0.39, 0.29) is 18.3 Å². The summed E-state index contributed by atoms with van der Waals surface area (Å²) in [7, 11) is -3.87. The average Bonchev–Trinajstić information content (AvgIpc) is 3.24. The lowest BCUT2D eigenvalue weighted by molar-refractivity contribution is 0.0880. The van der Waals surface area contributed by atoms with Gasteiger partial charge in [-0.2, -0.15) is 8.42 Å². The van der Waals surface area contributed by atoms with Crippen molar-refractivity contribution in [3.63, 3.8) is 0 Å². The molecule has 2 aliphatic rings. The molecular formula is C22H28N6O4S. The van der Waals surface area contributed by atoms with Gasteiger partial charge in [-0.05, 0) is 51.0 Å². The number of nitrogens with two attached hydrogens (primary N) is 1. The van der Waals surface area contributed by atoms with E-state index in [4.69, 9.17) is 10.5 Å². The number of amides is 1. The second-order valence-electron chi connectivity index (χ2n) is 8.91. The first-order valence-electron chi connectivity index (χ1n) is 10.8. The maximum absolute atomic E-state index is 12.9. The lowest BCUT2D eigenvalue weighted by Gasteiger charge is -2.27. The zero-order chi connectivity index (χ0) is 23.6. The summed E-state index contributed by atoms with van der Waals surface area (Å²) in [5.41, 5.74) is 6.29. The van der Waals surface area contributed by atoms with Crippen molar-refractivity contribution in [2.75, 3.05) is 16.6 Å². The fraction of sp³-hybridized carbons (Fsp3) is 0.409. The number of carbonyl (C=O) groups excluding carboxylic acids is 1. The molecule has 2 aromatic rings. The van der Waals surface area contributed by atoms with Crippen LogP contribution < -0.4 is 25.8 Å². The zero-order valence-corrected chi connectivity index (χ0v) is 19.4. The zero-order valence-electron chi connectivity index (χ0n) is 18.6. The SMILES string of the molecule is CC(C)(COc1cccc2c1C(N)=NS(=O)(=O)N2)NC(=O)c1ccnc(NC2CCCC2)c1. The van der Waals surface area contributed by atoms with E-state index in [0.29, 0.717) is 34.4 Å². The number of nitrogens with zero attached hydrogens (tertiary/aromatic N) is 2. The number of amidine groups is 1. The van der Waals surface area contributed by atoms with Gasteiger partial charge in [-0.25, -0.2) is 4.98 Å². The Bertz CT molecular complexity index is 1190. The number of ether oxygens (including phenoxy) is 1. The Hall–Kier alpha value is -3.34. The van der Waals surface area contributed by atoms with Gasteiger partial charge in [0.2, 0.25) is 0 Å². The van der Waals surface area contributed by atoms with E-state index < -0.39 is 15.7 Å². The summed E-state index contributed by atoms with van der Waals surface area (Å²) in [5.74, 6) is 0.659. The summed E-state index contributed by atoms with van der Waals surface area (Å²) in [6.07, 6.45) is 6.26. The predicted octanol–water partition coefficient (Wildman–Crippen LogP) is 2.40. The third-order valence-corrected chi connectivity index (χ3v) is 6.42. The third-order valence-electron chi connectivity index (χ3n) is 5.51. The highest BCUT2D eigenvalue weighted by molar-refractivity contribution is 7.91. The molecule has 2 heterocycles. The van der Waals surface area contributed by atoms with Gasteiger partial charge in [0.1, 0.15) is 18.2 Å². The third kappa shape index (κ3) is 5.54. The highest BCUT2D eigenvalue weighted by atomic mass is 32.2. The topological polar surface area (TPSA) is 148 Å². The lowest BCUT2D eigenvalue weighted by Crippen LogP contribution is -2.48. The Morgan fingerprint density at radius 2 is 2.03 bits per heavy atom. The maximum Gasteiger partial charge on any atom is 0.344 e. The monoisotopic (exact) mass is 472 g/mol. The fourth-order valence-corrected chi connectivity index (χ4v) is 4.79. The summed E-state index contributed by atoms with van der Waals surface area (Å²) >= 11 is 0. The van der Waals surface area contributed by atoms with Crippen LogP contribution in [0, 0.1) is 0 Å². The Morgan fingerprint density at radius 3 is 2.79 bits per heavy atom. The molecule has 0 saturated heterocycles.